The predicted octanol–water partition coefficient (Wildman–Crippen LogP) is 7.02. The first kappa shape index (κ1) is 23.4. The minimum atomic E-state index is 0.0675. The molecule has 6 rings (SSSR count). The first-order valence-corrected chi connectivity index (χ1v) is 12.6. The number of hydrogen-bond acceptors (Lipinski definition) is 3. The second-order valence-electron chi connectivity index (χ2n) is 9.12. The third-order valence-electron chi connectivity index (χ3n) is 6.63. The first-order chi connectivity index (χ1) is 18.8. The summed E-state index contributed by atoms with van der Waals surface area (Å²) in [5, 5.41) is 0. The number of imidazole rings is 2. The zero-order valence-electron chi connectivity index (χ0n) is 20.8. The maximum atomic E-state index is 13.4. The Kier molecular flexibility index (Phi) is 6.48. The van der Waals surface area contributed by atoms with Crippen LogP contribution in [0.1, 0.15) is 0 Å². The standard InChI is InChI=1S/C33H26N4O/c38-27(23-36-21-19-34-32(36)30-17-9-7-15-28(30)25-11-3-1-4-12-25)24-37-22-20-35-33(37)31-18-10-8-16-29(31)26-13-5-2-6-14-26/h1-22H,23-24H2. The Hall–Kier alpha value is -5.03. The summed E-state index contributed by atoms with van der Waals surface area (Å²) in [7, 11) is 0. The highest BCUT2D eigenvalue weighted by molar-refractivity contribution is 5.84. The third-order valence-corrected chi connectivity index (χ3v) is 6.63. The van der Waals surface area contributed by atoms with E-state index in [1.54, 1.807) is 12.4 Å². The summed E-state index contributed by atoms with van der Waals surface area (Å²) in [6.07, 6.45) is 7.25. The van der Waals surface area contributed by atoms with E-state index >= 15 is 0 Å². The van der Waals surface area contributed by atoms with E-state index in [9.17, 15) is 4.79 Å². The number of ketones is 1. The Labute approximate surface area is 221 Å². The van der Waals surface area contributed by atoms with Crippen LogP contribution in [0.4, 0.5) is 0 Å². The van der Waals surface area contributed by atoms with Gasteiger partial charge in [0.05, 0.1) is 13.1 Å². The van der Waals surface area contributed by atoms with Gasteiger partial charge in [-0.3, -0.25) is 4.79 Å². The molecule has 0 N–H and O–H groups in total. The fourth-order valence-electron chi connectivity index (χ4n) is 4.89. The molecule has 38 heavy (non-hydrogen) atoms. The molecule has 0 aliphatic heterocycles. The van der Waals surface area contributed by atoms with Crippen molar-refractivity contribution in [1.29, 1.82) is 0 Å². The summed E-state index contributed by atoms with van der Waals surface area (Å²) >= 11 is 0. The van der Waals surface area contributed by atoms with E-state index in [1.807, 2.05) is 82.2 Å². The van der Waals surface area contributed by atoms with Crippen molar-refractivity contribution in [1.82, 2.24) is 19.1 Å². The summed E-state index contributed by atoms with van der Waals surface area (Å²) in [6, 6.07) is 36.8. The molecule has 0 aliphatic carbocycles. The molecule has 0 fully saturated rings. The Balaban J connectivity index is 1.27. The van der Waals surface area contributed by atoms with Gasteiger partial charge in [-0.15, -0.1) is 0 Å². The highest BCUT2D eigenvalue weighted by atomic mass is 16.1. The lowest BCUT2D eigenvalue weighted by Crippen LogP contribution is -2.17. The Morgan fingerprint density at radius 3 is 1.29 bits per heavy atom. The molecule has 2 aromatic heterocycles. The zero-order valence-corrected chi connectivity index (χ0v) is 20.8. The molecular weight excluding hydrogens is 468 g/mol. The van der Waals surface area contributed by atoms with Crippen LogP contribution in [0.2, 0.25) is 0 Å². The van der Waals surface area contributed by atoms with Gasteiger partial charge in [-0.2, -0.15) is 0 Å². The van der Waals surface area contributed by atoms with Crippen molar-refractivity contribution in [3.05, 3.63) is 134 Å². The molecule has 2 heterocycles. The van der Waals surface area contributed by atoms with Gasteiger partial charge in [0.15, 0.2) is 5.78 Å². The average molecular weight is 495 g/mol. The Morgan fingerprint density at radius 1 is 0.500 bits per heavy atom. The minimum absolute atomic E-state index is 0.0675. The molecule has 4 aromatic carbocycles. The summed E-state index contributed by atoms with van der Waals surface area (Å²) < 4.78 is 3.86. The van der Waals surface area contributed by atoms with Gasteiger partial charge in [0, 0.05) is 35.9 Å². The van der Waals surface area contributed by atoms with Crippen molar-refractivity contribution < 1.29 is 4.79 Å². The number of hydrogen-bond donors (Lipinski definition) is 0. The van der Waals surface area contributed by atoms with E-state index in [-0.39, 0.29) is 18.9 Å². The molecule has 0 bridgehead atoms. The van der Waals surface area contributed by atoms with Gasteiger partial charge in [0.2, 0.25) is 0 Å². The summed E-state index contributed by atoms with van der Waals surface area (Å²) in [6.45, 7) is 0.437. The largest absolute Gasteiger partial charge is 0.323 e. The normalized spacial score (nSPS) is 10.9. The number of nitrogens with zero attached hydrogens (tertiary/aromatic N) is 4. The SMILES string of the molecule is O=C(Cn1ccnc1-c1ccccc1-c1ccccc1)Cn1ccnc1-c1ccccc1-c1ccccc1. The van der Waals surface area contributed by atoms with Crippen LogP contribution in [0.15, 0.2) is 134 Å². The molecule has 0 unspecified atom stereocenters. The van der Waals surface area contributed by atoms with E-state index in [0.29, 0.717) is 0 Å². The van der Waals surface area contributed by atoms with Crippen LogP contribution in [0.25, 0.3) is 45.0 Å². The second kappa shape index (κ2) is 10.5. The van der Waals surface area contributed by atoms with E-state index in [4.69, 9.17) is 0 Å². The molecule has 0 radical (unpaired) electrons. The monoisotopic (exact) mass is 494 g/mol. The number of rotatable bonds is 8. The van der Waals surface area contributed by atoms with E-state index < -0.39 is 0 Å². The molecular formula is C33H26N4O. The number of benzene rings is 4. The van der Waals surface area contributed by atoms with Crippen LogP contribution < -0.4 is 0 Å². The molecule has 0 amide bonds. The van der Waals surface area contributed by atoms with Crippen LogP contribution in [-0.2, 0) is 17.9 Å². The van der Waals surface area contributed by atoms with Crippen molar-refractivity contribution in [3.8, 4) is 45.0 Å². The molecule has 0 spiro atoms. The molecule has 6 aromatic rings. The van der Waals surface area contributed by atoms with Crippen LogP contribution in [0, 0.1) is 0 Å². The molecule has 0 saturated carbocycles. The van der Waals surface area contributed by atoms with Gasteiger partial charge in [-0.25, -0.2) is 9.97 Å². The fourth-order valence-corrected chi connectivity index (χ4v) is 4.89. The van der Waals surface area contributed by atoms with Crippen LogP contribution in [0.3, 0.4) is 0 Å². The smallest absolute Gasteiger partial charge is 0.172 e. The molecule has 5 nitrogen and oxygen atoms in total. The van der Waals surface area contributed by atoms with E-state index in [1.165, 1.54) is 0 Å². The molecule has 0 atom stereocenters. The van der Waals surface area contributed by atoms with Crippen LogP contribution >= 0.6 is 0 Å². The number of Topliss-reactive ketones (excluding diaryl/α,β-unsaturated/α-hetero) is 1. The number of carbonyl (C=O) groups is 1. The van der Waals surface area contributed by atoms with E-state index in [0.717, 1.165) is 45.0 Å². The molecule has 184 valence electrons. The van der Waals surface area contributed by atoms with Gasteiger partial charge in [0.1, 0.15) is 11.6 Å². The second-order valence-corrected chi connectivity index (χ2v) is 9.12. The molecule has 5 heteroatoms. The van der Waals surface area contributed by atoms with Gasteiger partial charge < -0.3 is 9.13 Å². The fraction of sp³-hybridized carbons (Fsp3) is 0.0606. The van der Waals surface area contributed by atoms with Gasteiger partial charge >= 0.3 is 0 Å². The molecule has 0 aliphatic rings. The van der Waals surface area contributed by atoms with Crippen molar-refractivity contribution >= 4 is 5.78 Å². The van der Waals surface area contributed by atoms with Gasteiger partial charge in [-0.1, -0.05) is 109 Å². The Bertz CT molecular complexity index is 1560. The lowest BCUT2D eigenvalue weighted by atomic mass is 9.99. The highest BCUT2D eigenvalue weighted by Crippen LogP contribution is 2.32. The first-order valence-electron chi connectivity index (χ1n) is 12.6. The quantitative estimate of drug-likeness (QED) is 0.229. The van der Waals surface area contributed by atoms with Crippen molar-refractivity contribution in [2.24, 2.45) is 0 Å². The maximum Gasteiger partial charge on any atom is 0.172 e. The zero-order chi connectivity index (χ0) is 25.7. The third kappa shape index (κ3) is 4.70. The number of aromatic nitrogens is 4. The minimum Gasteiger partial charge on any atom is -0.323 e. The van der Waals surface area contributed by atoms with Crippen LogP contribution in [0.5, 0.6) is 0 Å². The lowest BCUT2D eigenvalue weighted by Gasteiger charge is -2.14. The van der Waals surface area contributed by atoms with E-state index in [2.05, 4.69) is 58.5 Å². The lowest BCUT2D eigenvalue weighted by molar-refractivity contribution is -0.120. The van der Waals surface area contributed by atoms with Crippen molar-refractivity contribution in [2.45, 2.75) is 13.1 Å². The maximum absolute atomic E-state index is 13.4. The predicted molar refractivity (Wildman–Crippen MR) is 151 cm³/mol. The molecule has 0 saturated heterocycles. The van der Waals surface area contributed by atoms with Crippen molar-refractivity contribution in [3.63, 3.8) is 0 Å². The summed E-state index contributed by atoms with van der Waals surface area (Å²) in [5.41, 5.74) is 6.39. The topological polar surface area (TPSA) is 52.7 Å². The average Bonchev–Trinajstić information content (AvgIpc) is 3.63. The summed E-state index contributed by atoms with van der Waals surface area (Å²) in [5.74, 6) is 1.62. The van der Waals surface area contributed by atoms with Gasteiger partial charge in [-0.05, 0) is 22.3 Å². The Morgan fingerprint density at radius 2 is 0.868 bits per heavy atom. The van der Waals surface area contributed by atoms with Gasteiger partial charge in [0.25, 0.3) is 0 Å². The van der Waals surface area contributed by atoms with Crippen LogP contribution in [-0.4, -0.2) is 24.9 Å². The summed E-state index contributed by atoms with van der Waals surface area (Å²) in [4.78, 5) is 22.6. The number of carbonyl (C=O) groups excluding carboxylic acids is 1. The highest BCUT2D eigenvalue weighted by Gasteiger charge is 2.17. The van der Waals surface area contributed by atoms with Crippen molar-refractivity contribution in [2.75, 3.05) is 0 Å².